The molecule has 1 rings (SSSR count). The first-order valence-corrected chi connectivity index (χ1v) is 9.42. The highest BCUT2D eigenvalue weighted by Gasteiger charge is 2.21. The second-order valence-corrected chi connectivity index (χ2v) is 7.95. The molecule has 22 heavy (non-hydrogen) atoms. The number of hydrogen-bond acceptors (Lipinski definition) is 3. The number of rotatable bonds is 7. The predicted molar refractivity (Wildman–Crippen MR) is 89.6 cm³/mol. The molecule has 1 aromatic carbocycles. The average Bonchev–Trinajstić information content (AvgIpc) is 2.40. The van der Waals surface area contributed by atoms with Crippen molar-refractivity contribution >= 4 is 39.1 Å². The van der Waals surface area contributed by atoms with E-state index in [1.54, 1.807) is 18.2 Å². The number of carbonyl (C=O) groups excluding carboxylic acids is 1. The Hall–Kier alpha value is -0.820. The highest BCUT2D eigenvalue weighted by atomic mass is 35.5. The van der Waals surface area contributed by atoms with Crippen LogP contribution in [-0.4, -0.2) is 37.5 Å². The number of carbonyl (C=O) groups is 1. The van der Waals surface area contributed by atoms with Crippen LogP contribution in [0, 0.1) is 0 Å². The van der Waals surface area contributed by atoms with E-state index < -0.39 is 10.0 Å². The van der Waals surface area contributed by atoms with Gasteiger partial charge in [-0.2, -0.15) is 4.31 Å². The van der Waals surface area contributed by atoms with Gasteiger partial charge in [-0.05, 0) is 31.0 Å². The molecule has 0 unspecified atom stereocenters. The quantitative estimate of drug-likeness (QED) is 0.806. The molecule has 0 aliphatic rings. The summed E-state index contributed by atoms with van der Waals surface area (Å²) in [5.74, 6) is -0.333. The predicted octanol–water partition coefficient (Wildman–Crippen LogP) is 2.67. The van der Waals surface area contributed by atoms with Crippen molar-refractivity contribution in [2.75, 3.05) is 12.8 Å². The van der Waals surface area contributed by atoms with Gasteiger partial charge in [0.2, 0.25) is 15.9 Å². The summed E-state index contributed by atoms with van der Waals surface area (Å²) in [5.41, 5.74) is 0.663. The minimum Gasteiger partial charge on any atom is -0.353 e. The van der Waals surface area contributed by atoms with Crippen molar-refractivity contribution in [3.8, 4) is 0 Å². The van der Waals surface area contributed by atoms with Crippen molar-refractivity contribution in [2.24, 2.45) is 0 Å². The van der Waals surface area contributed by atoms with Crippen LogP contribution in [0.4, 0.5) is 0 Å². The van der Waals surface area contributed by atoms with Gasteiger partial charge in [0.05, 0.1) is 22.8 Å². The molecule has 1 atom stereocenters. The Morgan fingerprint density at radius 2 is 1.95 bits per heavy atom. The zero-order valence-corrected chi connectivity index (χ0v) is 15.1. The first-order chi connectivity index (χ1) is 10.1. The molecule has 1 amide bonds. The van der Waals surface area contributed by atoms with Gasteiger partial charge in [0.15, 0.2) is 0 Å². The largest absolute Gasteiger partial charge is 0.353 e. The van der Waals surface area contributed by atoms with E-state index in [0.717, 1.165) is 17.0 Å². The molecule has 1 aromatic rings. The third-order valence-corrected chi connectivity index (χ3v) is 5.09. The van der Waals surface area contributed by atoms with E-state index in [2.05, 4.69) is 5.32 Å². The van der Waals surface area contributed by atoms with Gasteiger partial charge in [-0.3, -0.25) is 4.79 Å². The van der Waals surface area contributed by atoms with Gasteiger partial charge >= 0.3 is 0 Å². The molecule has 124 valence electrons. The summed E-state index contributed by atoms with van der Waals surface area (Å²) in [7, 11) is -3.53. The van der Waals surface area contributed by atoms with Crippen LogP contribution in [0.3, 0.4) is 0 Å². The molecule has 8 heteroatoms. The van der Waals surface area contributed by atoms with Crippen LogP contribution in [0.15, 0.2) is 18.2 Å². The summed E-state index contributed by atoms with van der Waals surface area (Å²) in [6.45, 7) is 3.63. The molecule has 0 aliphatic heterocycles. The lowest BCUT2D eigenvalue weighted by Crippen LogP contribution is -2.42. The Morgan fingerprint density at radius 3 is 2.45 bits per heavy atom. The smallest absolute Gasteiger partial charge is 0.235 e. The second kappa shape index (κ2) is 8.15. The van der Waals surface area contributed by atoms with Crippen LogP contribution in [0.25, 0.3) is 0 Å². The Balaban J connectivity index is 2.86. The first-order valence-electron chi connectivity index (χ1n) is 6.82. The normalized spacial score (nSPS) is 13.2. The Kier molecular flexibility index (Phi) is 7.12. The molecule has 0 aliphatic carbocycles. The fraction of sp³-hybridized carbons (Fsp3) is 0.500. The van der Waals surface area contributed by atoms with Crippen LogP contribution in [0.5, 0.6) is 0 Å². The summed E-state index contributed by atoms with van der Waals surface area (Å²) >= 11 is 11.8. The van der Waals surface area contributed by atoms with Crippen molar-refractivity contribution in [2.45, 2.75) is 32.9 Å². The maximum Gasteiger partial charge on any atom is 0.235 e. The highest BCUT2D eigenvalue weighted by molar-refractivity contribution is 7.88. The topological polar surface area (TPSA) is 66.5 Å². The van der Waals surface area contributed by atoms with E-state index >= 15 is 0 Å². The summed E-state index contributed by atoms with van der Waals surface area (Å²) in [4.78, 5) is 11.9. The van der Waals surface area contributed by atoms with E-state index in [-0.39, 0.29) is 25.0 Å². The average molecular weight is 367 g/mol. The van der Waals surface area contributed by atoms with E-state index in [9.17, 15) is 13.2 Å². The number of sulfonamides is 1. The fourth-order valence-electron chi connectivity index (χ4n) is 1.71. The molecule has 0 bridgehead atoms. The molecule has 0 radical (unpaired) electrons. The van der Waals surface area contributed by atoms with Crippen LogP contribution >= 0.6 is 23.2 Å². The van der Waals surface area contributed by atoms with Crippen molar-refractivity contribution in [3.63, 3.8) is 0 Å². The van der Waals surface area contributed by atoms with Crippen molar-refractivity contribution in [1.82, 2.24) is 9.62 Å². The molecular formula is C14H20Cl2N2O3S. The minimum absolute atomic E-state index is 0.00103. The fourth-order valence-corrected chi connectivity index (χ4v) is 2.77. The number of nitrogens with zero attached hydrogens (tertiary/aromatic N) is 1. The summed E-state index contributed by atoms with van der Waals surface area (Å²) in [6.07, 6.45) is 1.85. The van der Waals surface area contributed by atoms with Crippen molar-refractivity contribution in [3.05, 3.63) is 33.8 Å². The van der Waals surface area contributed by atoms with Gasteiger partial charge in [0, 0.05) is 12.6 Å². The molecule has 0 saturated carbocycles. The SMILES string of the molecule is CC[C@H](C)NC(=O)CN(Cc1ccc(Cl)c(Cl)c1)S(C)(=O)=O. The van der Waals surface area contributed by atoms with Crippen molar-refractivity contribution in [1.29, 1.82) is 0 Å². The molecule has 0 saturated heterocycles. The van der Waals surface area contributed by atoms with Crippen molar-refractivity contribution < 1.29 is 13.2 Å². The summed E-state index contributed by atoms with van der Waals surface area (Å²) in [6, 6.07) is 4.87. The Morgan fingerprint density at radius 1 is 1.32 bits per heavy atom. The zero-order chi connectivity index (χ0) is 16.9. The monoisotopic (exact) mass is 366 g/mol. The lowest BCUT2D eigenvalue weighted by atomic mass is 10.2. The minimum atomic E-state index is -3.53. The number of nitrogens with one attached hydrogen (secondary N) is 1. The van der Waals surface area contributed by atoms with Gasteiger partial charge in [-0.1, -0.05) is 36.2 Å². The van der Waals surface area contributed by atoms with Crippen LogP contribution < -0.4 is 5.32 Å². The summed E-state index contributed by atoms with van der Waals surface area (Å²) < 4.78 is 24.8. The summed E-state index contributed by atoms with van der Waals surface area (Å²) in [5, 5.41) is 3.48. The molecule has 0 heterocycles. The molecule has 5 nitrogen and oxygen atoms in total. The number of benzene rings is 1. The molecule has 0 fully saturated rings. The van der Waals surface area contributed by atoms with Crippen LogP contribution in [0.2, 0.25) is 10.0 Å². The molecule has 0 spiro atoms. The van der Waals surface area contributed by atoms with Crippen LogP contribution in [-0.2, 0) is 21.4 Å². The standard InChI is InChI=1S/C14H20Cl2N2O3S/c1-4-10(2)17-14(19)9-18(22(3,20)21)8-11-5-6-12(15)13(16)7-11/h5-7,10H,4,8-9H2,1-3H3,(H,17,19)/t10-/m0/s1. The Bertz CT molecular complexity index is 635. The van der Waals surface area contributed by atoms with Gasteiger partial charge < -0.3 is 5.32 Å². The number of halogens is 2. The second-order valence-electron chi connectivity index (χ2n) is 5.16. The van der Waals surface area contributed by atoms with E-state index in [0.29, 0.717) is 15.6 Å². The van der Waals surface area contributed by atoms with Gasteiger partial charge in [0.1, 0.15) is 0 Å². The lowest BCUT2D eigenvalue weighted by Gasteiger charge is -2.21. The highest BCUT2D eigenvalue weighted by Crippen LogP contribution is 2.23. The Labute approximate surface area is 141 Å². The number of amides is 1. The first kappa shape index (κ1) is 19.2. The zero-order valence-electron chi connectivity index (χ0n) is 12.8. The molecular weight excluding hydrogens is 347 g/mol. The van der Waals surface area contributed by atoms with E-state index in [4.69, 9.17) is 23.2 Å². The lowest BCUT2D eigenvalue weighted by molar-refractivity contribution is -0.122. The third-order valence-electron chi connectivity index (χ3n) is 3.15. The maximum absolute atomic E-state index is 11.9. The van der Waals surface area contributed by atoms with Gasteiger partial charge in [-0.15, -0.1) is 0 Å². The van der Waals surface area contributed by atoms with E-state index in [1.165, 1.54) is 0 Å². The van der Waals surface area contributed by atoms with Crippen LogP contribution in [0.1, 0.15) is 25.8 Å². The van der Waals surface area contributed by atoms with Gasteiger partial charge in [-0.25, -0.2) is 8.42 Å². The maximum atomic E-state index is 11.9. The van der Waals surface area contributed by atoms with Gasteiger partial charge in [0.25, 0.3) is 0 Å². The van der Waals surface area contributed by atoms with E-state index in [1.807, 2.05) is 13.8 Å². The third kappa shape index (κ3) is 6.12. The molecule has 0 aromatic heterocycles. The molecule has 1 N–H and O–H groups in total. The number of hydrogen-bond donors (Lipinski definition) is 1.